The minimum atomic E-state index is -0.639. The van der Waals surface area contributed by atoms with Gasteiger partial charge in [-0.3, -0.25) is 9.69 Å². The lowest BCUT2D eigenvalue weighted by molar-refractivity contribution is -0.144. The number of carbonyl (C=O) groups is 1. The minimum absolute atomic E-state index is 0.187. The number of thiophene rings is 1. The van der Waals surface area contributed by atoms with Gasteiger partial charge >= 0.3 is 5.97 Å². The second kappa shape index (κ2) is 6.53. The van der Waals surface area contributed by atoms with Gasteiger partial charge in [0.1, 0.15) is 0 Å². The van der Waals surface area contributed by atoms with E-state index >= 15 is 0 Å². The van der Waals surface area contributed by atoms with Crippen LogP contribution in [0.3, 0.4) is 0 Å². The molecule has 1 aromatic heterocycles. The van der Waals surface area contributed by atoms with Crippen molar-refractivity contribution in [2.75, 3.05) is 13.1 Å². The normalized spacial score (nSPS) is 22.3. The third-order valence-electron chi connectivity index (χ3n) is 3.99. The Morgan fingerprint density at radius 2 is 2.32 bits per heavy atom. The summed E-state index contributed by atoms with van der Waals surface area (Å²) >= 11 is 1.88. The summed E-state index contributed by atoms with van der Waals surface area (Å²) in [6.45, 7) is 6.10. The molecule has 2 rings (SSSR count). The Balaban J connectivity index is 2.10. The van der Waals surface area contributed by atoms with Crippen molar-refractivity contribution in [1.29, 1.82) is 0 Å². The average molecular weight is 281 g/mol. The summed E-state index contributed by atoms with van der Waals surface area (Å²) in [5.41, 5.74) is 0. The van der Waals surface area contributed by atoms with Gasteiger partial charge in [0.2, 0.25) is 0 Å². The number of carboxylic acids is 1. The van der Waals surface area contributed by atoms with E-state index in [1.54, 1.807) is 0 Å². The highest BCUT2D eigenvalue weighted by Gasteiger charge is 2.30. The maximum Gasteiger partial charge on any atom is 0.307 e. The molecule has 3 nitrogen and oxygen atoms in total. The van der Waals surface area contributed by atoms with Crippen molar-refractivity contribution >= 4 is 17.3 Å². The number of likely N-dealkylation sites (tertiary alicyclic amines) is 1. The fraction of sp³-hybridized carbons (Fsp3) is 0.667. The smallest absolute Gasteiger partial charge is 0.307 e. The molecule has 0 saturated carbocycles. The molecule has 106 valence electrons. The van der Waals surface area contributed by atoms with Gasteiger partial charge < -0.3 is 5.11 Å². The molecule has 2 atom stereocenters. The molecule has 0 aromatic carbocycles. The van der Waals surface area contributed by atoms with Gasteiger partial charge in [-0.1, -0.05) is 13.8 Å². The maximum absolute atomic E-state index is 11.2. The molecular weight excluding hydrogens is 258 g/mol. The van der Waals surface area contributed by atoms with Gasteiger partial charge in [-0.25, -0.2) is 0 Å². The van der Waals surface area contributed by atoms with Crippen molar-refractivity contribution in [3.63, 3.8) is 0 Å². The molecule has 4 heteroatoms. The Bertz CT molecular complexity index is 430. The fourth-order valence-corrected chi connectivity index (χ4v) is 4.07. The van der Waals surface area contributed by atoms with Crippen LogP contribution in [0.25, 0.3) is 0 Å². The molecule has 19 heavy (non-hydrogen) atoms. The lowest BCUT2D eigenvalue weighted by Gasteiger charge is -2.36. The SMILES string of the molecule is CCc1ccc(C(CC)N2CCCC(C(=O)O)C2)s1. The number of nitrogens with zero attached hydrogens (tertiary/aromatic N) is 1. The van der Waals surface area contributed by atoms with Gasteiger partial charge in [0.15, 0.2) is 0 Å². The first kappa shape index (κ1) is 14.5. The van der Waals surface area contributed by atoms with Crippen molar-refractivity contribution in [2.45, 2.75) is 45.6 Å². The van der Waals surface area contributed by atoms with Gasteiger partial charge in [-0.05, 0) is 44.4 Å². The van der Waals surface area contributed by atoms with E-state index < -0.39 is 5.97 Å². The van der Waals surface area contributed by atoms with Gasteiger partial charge in [-0.15, -0.1) is 11.3 Å². The quantitative estimate of drug-likeness (QED) is 0.897. The number of aryl methyl sites for hydroxylation is 1. The second-order valence-electron chi connectivity index (χ2n) is 5.25. The van der Waals surface area contributed by atoms with Gasteiger partial charge in [0.25, 0.3) is 0 Å². The van der Waals surface area contributed by atoms with Gasteiger partial charge in [-0.2, -0.15) is 0 Å². The first-order chi connectivity index (χ1) is 9.15. The predicted octanol–water partition coefficient (Wildman–Crippen LogP) is 3.56. The highest BCUT2D eigenvalue weighted by atomic mass is 32.1. The maximum atomic E-state index is 11.2. The molecule has 0 aliphatic carbocycles. The van der Waals surface area contributed by atoms with E-state index in [2.05, 4.69) is 30.9 Å². The fourth-order valence-electron chi connectivity index (χ4n) is 2.89. The highest BCUT2D eigenvalue weighted by Crippen LogP contribution is 2.33. The number of aliphatic carboxylic acids is 1. The molecule has 1 fully saturated rings. The molecule has 0 amide bonds. The Hall–Kier alpha value is -0.870. The van der Waals surface area contributed by atoms with E-state index in [-0.39, 0.29) is 5.92 Å². The lowest BCUT2D eigenvalue weighted by Crippen LogP contribution is -2.40. The summed E-state index contributed by atoms with van der Waals surface area (Å²) in [6, 6.07) is 4.83. The topological polar surface area (TPSA) is 40.5 Å². The third kappa shape index (κ3) is 3.37. The Kier molecular flexibility index (Phi) is 4.99. The van der Waals surface area contributed by atoms with E-state index in [0.717, 1.165) is 32.2 Å². The summed E-state index contributed by atoms with van der Waals surface area (Å²) in [5.74, 6) is -0.826. The Morgan fingerprint density at radius 1 is 1.53 bits per heavy atom. The summed E-state index contributed by atoms with van der Waals surface area (Å²) < 4.78 is 0. The molecule has 1 aliphatic heterocycles. The summed E-state index contributed by atoms with van der Waals surface area (Å²) in [4.78, 5) is 16.4. The number of rotatable bonds is 5. The Morgan fingerprint density at radius 3 is 2.89 bits per heavy atom. The molecule has 2 unspecified atom stereocenters. The predicted molar refractivity (Wildman–Crippen MR) is 78.7 cm³/mol. The van der Waals surface area contributed by atoms with Crippen LogP contribution in [-0.2, 0) is 11.2 Å². The molecule has 1 aromatic rings. The molecule has 0 bridgehead atoms. The molecule has 1 saturated heterocycles. The molecule has 0 radical (unpaired) electrons. The highest BCUT2D eigenvalue weighted by molar-refractivity contribution is 7.12. The monoisotopic (exact) mass is 281 g/mol. The summed E-state index contributed by atoms with van der Waals surface area (Å²) in [5, 5.41) is 9.20. The van der Waals surface area contributed by atoms with E-state index in [1.807, 2.05) is 11.3 Å². The van der Waals surface area contributed by atoms with Crippen LogP contribution in [0, 0.1) is 5.92 Å². The molecular formula is C15H23NO2S. The Labute approximate surface area is 119 Å². The van der Waals surface area contributed by atoms with Crippen molar-refractivity contribution in [3.8, 4) is 0 Å². The number of carboxylic acid groups (broad SMARTS) is 1. The molecule has 1 aliphatic rings. The van der Waals surface area contributed by atoms with Crippen LogP contribution >= 0.6 is 11.3 Å². The zero-order valence-electron chi connectivity index (χ0n) is 11.8. The third-order valence-corrected chi connectivity index (χ3v) is 5.32. The van der Waals surface area contributed by atoms with Crippen LogP contribution < -0.4 is 0 Å². The summed E-state index contributed by atoms with van der Waals surface area (Å²) in [6.07, 6.45) is 3.96. The zero-order chi connectivity index (χ0) is 13.8. The lowest BCUT2D eigenvalue weighted by atomic mass is 9.96. The van der Waals surface area contributed by atoms with Crippen molar-refractivity contribution < 1.29 is 9.90 Å². The van der Waals surface area contributed by atoms with E-state index in [9.17, 15) is 9.90 Å². The standard InChI is InChI=1S/C15H23NO2S/c1-3-12-7-8-14(19-12)13(4-2)16-9-5-6-11(10-16)15(17)18/h7-8,11,13H,3-6,9-10H2,1-2H3,(H,17,18). The number of hydrogen-bond donors (Lipinski definition) is 1. The van der Waals surface area contributed by atoms with Crippen molar-refractivity contribution in [2.24, 2.45) is 5.92 Å². The van der Waals surface area contributed by atoms with Crippen LogP contribution in [0.1, 0.15) is 48.9 Å². The zero-order valence-corrected chi connectivity index (χ0v) is 12.6. The average Bonchev–Trinajstić information content (AvgIpc) is 2.89. The van der Waals surface area contributed by atoms with Crippen LogP contribution in [0.2, 0.25) is 0 Å². The minimum Gasteiger partial charge on any atom is -0.481 e. The van der Waals surface area contributed by atoms with Gasteiger partial charge in [0, 0.05) is 22.3 Å². The van der Waals surface area contributed by atoms with E-state index in [4.69, 9.17) is 0 Å². The number of piperidine rings is 1. The first-order valence-electron chi connectivity index (χ1n) is 7.21. The largest absolute Gasteiger partial charge is 0.481 e. The van der Waals surface area contributed by atoms with Crippen molar-refractivity contribution in [1.82, 2.24) is 4.90 Å². The molecule has 2 heterocycles. The molecule has 0 spiro atoms. The van der Waals surface area contributed by atoms with Gasteiger partial charge in [0.05, 0.1) is 5.92 Å². The van der Waals surface area contributed by atoms with Crippen molar-refractivity contribution in [3.05, 3.63) is 21.9 Å². The number of hydrogen-bond acceptors (Lipinski definition) is 3. The second-order valence-corrected chi connectivity index (χ2v) is 6.45. The van der Waals surface area contributed by atoms with Crippen LogP contribution in [0.5, 0.6) is 0 Å². The van der Waals surface area contributed by atoms with E-state index in [1.165, 1.54) is 9.75 Å². The molecule has 1 N–H and O–H groups in total. The summed E-state index contributed by atoms with van der Waals surface area (Å²) in [7, 11) is 0. The van der Waals surface area contributed by atoms with E-state index in [0.29, 0.717) is 12.6 Å². The van der Waals surface area contributed by atoms with Crippen LogP contribution in [0.4, 0.5) is 0 Å². The van der Waals surface area contributed by atoms with Crippen LogP contribution in [0.15, 0.2) is 12.1 Å². The first-order valence-corrected chi connectivity index (χ1v) is 8.02. The van der Waals surface area contributed by atoms with Crippen LogP contribution in [-0.4, -0.2) is 29.1 Å².